The summed E-state index contributed by atoms with van der Waals surface area (Å²) in [5.74, 6) is 0. The van der Waals surface area contributed by atoms with Crippen LogP contribution in [0.1, 0.15) is 5.56 Å². The van der Waals surface area contributed by atoms with Crippen molar-refractivity contribution >= 4 is 44.0 Å². The summed E-state index contributed by atoms with van der Waals surface area (Å²) in [6, 6.07) is 52.5. The minimum atomic E-state index is -3.73. The number of nitrogens with zero attached hydrogens (tertiary/aromatic N) is 2. The minimum Gasteiger partial charge on any atom is -0.311 e. The molecule has 206 valence electrons. The average molecular weight is 567 g/mol. The summed E-state index contributed by atoms with van der Waals surface area (Å²) < 4.78 is 27.4. The Balaban J connectivity index is 1.32. The Labute approximate surface area is 247 Å². The van der Waals surface area contributed by atoms with Gasteiger partial charge in [-0.3, -0.25) is 0 Å². The molecule has 4 nitrogen and oxygen atoms in total. The van der Waals surface area contributed by atoms with Crippen LogP contribution in [0.2, 0.25) is 0 Å². The van der Waals surface area contributed by atoms with E-state index >= 15 is 0 Å². The highest BCUT2D eigenvalue weighted by Gasteiger charge is 2.21. The first-order valence-corrected chi connectivity index (χ1v) is 15.3. The van der Waals surface area contributed by atoms with Crippen LogP contribution in [0.3, 0.4) is 0 Å². The van der Waals surface area contributed by atoms with Crippen LogP contribution in [0.15, 0.2) is 174 Å². The molecule has 0 saturated carbocycles. The molecule has 0 atom stereocenters. The number of hydrogen-bond acceptors (Lipinski definition) is 4. The van der Waals surface area contributed by atoms with Crippen LogP contribution >= 0.6 is 0 Å². The Morgan fingerprint density at radius 1 is 0.381 bits per heavy atom. The van der Waals surface area contributed by atoms with Gasteiger partial charge in [0.25, 0.3) is 0 Å². The van der Waals surface area contributed by atoms with Gasteiger partial charge in [-0.05, 0) is 103 Å². The van der Waals surface area contributed by atoms with Crippen molar-refractivity contribution in [2.75, 3.05) is 9.80 Å². The number of hydrogen-bond donors (Lipinski definition) is 0. The van der Waals surface area contributed by atoms with Gasteiger partial charge in [0, 0.05) is 34.1 Å². The molecule has 0 aliphatic carbocycles. The van der Waals surface area contributed by atoms with Gasteiger partial charge < -0.3 is 9.80 Å². The number of para-hydroxylation sites is 4. The van der Waals surface area contributed by atoms with E-state index in [1.807, 2.05) is 127 Å². The van der Waals surface area contributed by atoms with E-state index in [0.29, 0.717) is 0 Å². The Morgan fingerprint density at radius 2 is 0.714 bits per heavy atom. The lowest BCUT2D eigenvalue weighted by atomic mass is 10.1. The van der Waals surface area contributed by atoms with Crippen molar-refractivity contribution in [1.29, 1.82) is 0 Å². The molecule has 0 bridgehead atoms. The molecule has 0 amide bonds. The molecule has 0 spiro atoms. The van der Waals surface area contributed by atoms with Crippen molar-refractivity contribution in [3.05, 3.63) is 169 Å². The molecule has 0 radical (unpaired) electrons. The molecular formula is C37H30N2O2S. The Hall–Kier alpha value is -5.13. The molecular weight excluding hydrogens is 536 g/mol. The minimum absolute atomic E-state index is 0.249. The molecule has 6 aromatic carbocycles. The first kappa shape index (κ1) is 27.1. The van der Waals surface area contributed by atoms with Crippen molar-refractivity contribution in [2.24, 2.45) is 0 Å². The molecule has 0 heterocycles. The lowest BCUT2D eigenvalue weighted by Gasteiger charge is -2.27. The molecule has 0 aliphatic heterocycles. The van der Waals surface area contributed by atoms with Crippen LogP contribution < -0.4 is 9.80 Å². The number of sulfone groups is 1. The zero-order chi connectivity index (χ0) is 28.9. The van der Waals surface area contributed by atoms with Crippen LogP contribution in [0.4, 0.5) is 34.1 Å². The maximum atomic E-state index is 13.7. The van der Waals surface area contributed by atoms with Gasteiger partial charge in [-0.2, -0.15) is 0 Å². The van der Waals surface area contributed by atoms with Gasteiger partial charge in [-0.1, -0.05) is 72.8 Å². The van der Waals surface area contributed by atoms with E-state index in [1.54, 1.807) is 24.3 Å². The fourth-order valence-electron chi connectivity index (χ4n) is 5.10. The summed E-state index contributed by atoms with van der Waals surface area (Å²) in [7, 11) is -3.73. The molecule has 0 saturated heterocycles. The standard InChI is InChI=1S/C37H30N2O2S/c1-29-13-11-12-20-37(29)39(32-18-9-4-10-19-32)34-23-27-36(28-24-34)42(40,41)35-25-21-33(22-26-35)38(30-14-5-2-6-15-30)31-16-7-3-8-17-31/h2-28H,1H3. The van der Waals surface area contributed by atoms with Crippen molar-refractivity contribution in [2.45, 2.75) is 16.7 Å². The largest absolute Gasteiger partial charge is 0.311 e. The zero-order valence-corrected chi connectivity index (χ0v) is 24.0. The fraction of sp³-hybridized carbons (Fsp3) is 0.0270. The predicted octanol–water partition coefficient (Wildman–Crippen LogP) is 9.77. The topological polar surface area (TPSA) is 40.6 Å². The summed E-state index contributed by atoms with van der Waals surface area (Å²) in [6.45, 7) is 2.07. The van der Waals surface area contributed by atoms with Gasteiger partial charge in [0.05, 0.1) is 9.79 Å². The second-order valence-corrected chi connectivity index (χ2v) is 11.9. The lowest BCUT2D eigenvalue weighted by molar-refractivity contribution is 0.596. The maximum absolute atomic E-state index is 13.7. The second-order valence-electron chi connectivity index (χ2n) is 9.96. The van der Waals surface area contributed by atoms with Gasteiger partial charge in [0.15, 0.2) is 0 Å². The predicted molar refractivity (Wildman–Crippen MR) is 172 cm³/mol. The van der Waals surface area contributed by atoms with Crippen molar-refractivity contribution in [3.8, 4) is 0 Å². The van der Waals surface area contributed by atoms with E-state index < -0.39 is 9.84 Å². The quantitative estimate of drug-likeness (QED) is 0.184. The summed E-state index contributed by atoms with van der Waals surface area (Å²) >= 11 is 0. The molecule has 5 heteroatoms. The molecule has 0 N–H and O–H groups in total. The van der Waals surface area contributed by atoms with Crippen molar-refractivity contribution < 1.29 is 8.42 Å². The van der Waals surface area contributed by atoms with Gasteiger partial charge in [0.2, 0.25) is 9.84 Å². The highest BCUT2D eigenvalue weighted by atomic mass is 32.2. The van der Waals surface area contributed by atoms with E-state index in [4.69, 9.17) is 0 Å². The highest BCUT2D eigenvalue weighted by molar-refractivity contribution is 7.91. The lowest BCUT2D eigenvalue weighted by Crippen LogP contribution is -2.12. The molecule has 6 aromatic rings. The SMILES string of the molecule is Cc1ccccc1N(c1ccccc1)c1ccc(S(=O)(=O)c2ccc(N(c3ccccc3)c3ccccc3)cc2)cc1. The summed E-state index contributed by atoms with van der Waals surface area (Å²) in [6.07, 6.45) is 0. The number of anilines is 6. The normalized spacial score (nSPS) is 11.2. The molecule has 0 fully saturated rings. The highest BCUT2D eigenvalue weighted by Crippen LogP contribution is 2.38. The van der Waals surface area contributed by atoms with Gasteiger partial charge in [-0.15, -0.1) is 0 Å². The van der Waals surface area contributed by atoms with Gasteiger partial charge in [0.1, 0.15) is 0 Å². The maximum Gasteiger partial charge on any atom is 0.206 e. The smallest absolute Gasteiger partial charge is 0.206 e. The summed E-state index contributed by atoms with van der Waals surface area (Å²) in [5, 5.41) is 0. The van der Waals surface area contributed by atoms with Crippen LogP contribution in [-0.2, 0) is 9.84 Å². The monoisotopic (exact) mass is 566 g/mol. The third kappa shape index (κ3) is 5.42. The molecule has 0 aliphatic rings. The Bertz CT molecular complexity index is 1830. The molecule has 42 heavy (non-hydrogen) atoms. The molecule has 6 rings (SSSR count). The van der Waals surface area contributed by atoms with Crippen molar-refractivity contribution in [3.63, 3.8) is 0 Å². The third-order valence-corrected chi connectivity index (χ3v) is 9.00. The van der Waals surface area contributed by atoms with Gasteiger partial charge in [-0.25, -0.2) is 8.42 Å². The molecule has 0 aromatic heterocycles. The average Bonchev–Trinajstić information content (AvgIpc) is 3.04. The number of benzene rings is 6. The third-order valence-electron chi connectivity index (χ3n) is 7.21. The van der Waals surface area contributed by atoms with Crippen LogP contribution in [0.25, 0.3) is 0 Å². The van der Waals surface area contributed by atoms with Crippen LogP contribution in [0.5, 0.6) is 0 Å². The van der Waals surface area contributed by atoms with Crippen LogP contribution in [0, 0.1) is 6.92 Å². The summed E-state index contributed by atoms with van der Waals surface area (Å²) in [5.41, 5.74) is 6.90. The number of rotatable bonds is 8. The molecule has 0 unspecified atom stereocenters. The van der Waals surface area contributed by atoms with E-state index in [9.17, 15) is 8.42 Å². The van der Waals surface area contributed by atoms with E-state index in [2.05, 4.69) is 28.9 Å². The number of aryl methyl sites for hydroxylation is 1. The first-order valence-electron chi connectivity index (χ1n) is 13.8. The van der Waals surface area contributed by atoms with E-state index in [-0.39, 0.29) is 9.79 Å². The Kier molecular flexibility index (Phi) is 7.58. The summed E-state index contributed by atoms with van der Waals surface area (Å²) in [4.78, 5) is 4.75. The Morgan fingerprint density at radius 3 is 1.14 bits per heavy atom. The first-order chi connectivity index (χ1) is 20.5. The zero-order valence-electron chi connectivity index (χ0n) is 23.2. The van der Waals surface area contributed by atoms with E-state index in [0.717, 1.165) is 39.7 Å². The van der Waals surface area contributed by atoms with E-state index in [1.165, 1.54) is 0 Å². The van der Waals surface area contributed by atoms with Crippen LogP contribution in [-0.4, -0.2) is 8.42 Å². The fourth-order valence-corrected chi connectivity index (χ4v) is 6.37. The van der Waals surface area contributed by atoms with Gasteiger partial charge >= 0.3 is 0 Å². The second kappa shape index (κ2) is 11.8. The van der Waals surface area contributed by atoms with Crippen molar-refractivity contribution in [1.82, 2.24) is 0 Å².